The predicted molar refractivity (Wildman–Crippen MR) is 88.8 cm³/mol. The number of carbonyl (C=O) groups excluding carboxylic acids is 3. The van der Waals surface area contributed by atoms with Gasteiger partial charge in [-0.2, -0.15) is 5.26 Å². The highest BCUT2D eigenvalue weighted by Gasteiger charge is 2.27. The highest BCUT2D eigenvalue weighted by Crippen LogP contribution is 2.18. The summed E-state index contributed by atoms with van der Waals surface area (Å²) in [6.45, 7) is 1.17. The Labute approximate surface area is 138 Å². The van der Waals surface area contributed by atoms with Crippen molar-refractivity contribution in [3.05, 3.63) is 54.1 Å². The average molecular weight is 322 g/mol. The van der Waals surface area contributed by atoms with Crippen molar-refractivity contribution >= 4 is 34.8 Å². The summed E-state index contributed by atoms with van der Waals surface area (Å²) in [7, 11) is 0. The first kappa shape index (κ1) is 16.7. The molecule has 7 nitrogen and oxygen atoms in total. The van der Waals surface area contributed by atoms with E-state index in [1.807, 2.05) is 6.07 Å². The van der Waals surface area contributed by atoms with Gasteiger partial charge in [-0.25, -0.2) is 4.90 Å². The Morgan fingerprint density at radius 3 is 2.29 bits per heavy atom. The van der Waals surface area contributed by atoms with Gasteiger partial charge in [0.2, 0.25) is 5.91 Å². The van der Waals surface area contributed by atoms with E-state index in [1.165, 1.54) is 43.3 Å². The predicted octanol–water partition coefficient (Wildman–Crippen LogP) is 1.66. The lowest BCUT2D eigenvalue weighted by atomic mass is 10.2. The molecule has 2 rings (SSSR count). The van der Waals surface area contributed by atoms with Crippen LogP contribution in [0.4, 0.5) is 17.1 Å². The van der Waals surface area contributed by atoms with E-state index < -0.39 is 17.7 Å². The minimum absolute atomic E-state index is 0.194. The molecule has 2 aromatic rings. The molecular weight excluding hydrogens is 308 g/mol. The van der Waals surface area contributed by atoms with Crippen LogP contribution in [0.25, 0.3) is 0 Å². The van der Waals surface area contributed by atoms with Crippen LogP contribution in [0.1, 0.15) is 12.5 Å². The topological polar surface area (TPSA) is 116 Å². The van der Waals surface area contributed by atoms with Crippen molar-refractivity contribution in [1.29, 1.82) is 5.26 Å². The Bertz CT molecular complexity index is 838. The van der Waals surface area contributed by atoms with Gasteiger partial charge in [-0.05, 0) is 36.4 Å². The molecule has 3 amide bonds. The van der Waals surface area contributed by atoms with Crippen LogP contribution in [-0.2, 0) is 14.4 Å². The van der Waals surface area contributed by atoms with E-state index in [0.29, 0.717) is 5.69 Å². The number of imide groups is 1. The fraction of sp³-hybridized carbons (Fsp3) is 0.0588. The van der Waals surface area contributed by atoms with Crippen LogP contribution in [0.2, 0.25) is 0 Å². The number of nitrogens with one attached hydrogen (secondary N) is 1. The maximum Gasteiger partial charge on any atom is 0.323 e. The van der Waals surface area contributed by atoms with Crippen molar-refractivity contribution in [3.63, 3.8) is 0 Å². The molecule has 24 heavy (non-hydrogen) atoms. The summed E-state index contributed by atoms with van der Waals surface area (Å²) in [5.41, 5.74) is 6.66. The Balaban J connectivity index is 2.27. The molecule has 120 valence electrons. The van der Waals surface area contributed by atoms with Crippen molar-refractivity contribution in [2.24, 2.45) is 0 Å². The summed E-state index contributed by atoms with van der Waals surface area (Å²) < 4.78 is 0. The fourth-order valence-electron chi connectivity index (χ4n) is 2.03. The summed E-state index contributed by atoms with van der Waals surface area (Å²) in [5, 5.41) is 11.4. The fourth-order valence-corrected chi connectivity index (χ4v) is 2.03. The third kappa shape index (κ3) is 3.56. The van der Waals surface area contributed by atoms with Crippen molar-refractivity contribution in [3.8, 4) is 6.07 Å². The molecule has 0 saturated heterocycles. The number of benzene rings is 2. The summed E-state index contributed by atoms with van der Waals surface area (Å²) in [6, 6.07) is 14.1. The maximum atomic E-state index is 12.4. The lowest BCUT2D eigenvalue weighted by Crippen LogP contribution is -2.42. The minimum atomic E-state index is -1.06. The van der Waals surface area contributed by atoms with Gasteiger partial charge < -0.3 is 11.1 Å². The molecule has 0 fully saturated rings. The minimum Gasteiger partial charge on any atom is -0.399 e. The van der Waals surface area contributed by atoms with E-state index in [2.05, 4.69) is 5.32 Å². The van der Waals surface area contributed by atoms with E-state index in [1.54, 1.807) is 12.1 Å². The van der Waals surface area contributed by atoms with Gasteiger partial charge in [-0.15, -0.1) is 0 Å². The number of hydrogen-bond acceptors (Lipinski definition) is 5. The van der Waals surface area contributed by atoms with Crippen molar-refractivity contribution in [2.75, 3.05) is 16.0 Å². The second-order valence-corrected chi connectivity index (χ2v) is 4.86. The summed E-state index contributed by atoms with van der Waals surface area (Å²) in [4.78, 5) is 37.1. The zero-order chi connectivity index (χ0) is 17.7. The average Bonchev–Trinajstić information content (AvgIpc) is 2.57. The molecule has 0 bridgehead atoms. The zero-order valence-corrected chi connectivity index (χ0v) is 12.8. The number of carbonyl (C=O) groups is 3. The van der Waals surface area contributed by atoms with Crippen LogP contribution >= 0.6 is 0 Å². The number of para-hydroxylation sites is 1. The van der Waals surface area contributed by atoms with Crippen LogP contribution < -0.4 is 16.0 Å². The Kier molecular flexibility index (Phi) is 4.92. The van der Waals surface area contributed by atoms with Crippen molar-refractivity contribution < 1.29 is 14.4 Å². The van der Waals surface area contributed by atoms with Gasteiger partial charge in [0.15, 0.2) is 0 Å². The van der Waals surface area contributed by atoms with Gasteiger partial charge in [0, 0.05) is 12.6 Å². The summed E-state index contributed by atoms with van der Waals surface area (Å²) >= 11 is 0. The SMILES string of the molecule is CC(=O)N(C(=O)C(=O)Nc1ccccc1C#N)c1ccc(N)cc1. The number of nitrogens with zero attached hydrogens (tertiary/aromatic N) is 2. The van der Waals surface area contributed by atoms with Crippen molar-refractivity contribution in [1.82, 2.24) is 0 Å². The molecule has 0 aliphatic carbocycles. The highest BCUT2D eigenvalue weighted by molar-refractivity contribution is 6.48. The van der Waals surface area contributed by atoms with Gasteiger partial charge >= 0.3 is 11.8 Å². The standard InChI is InChI=1S/C17H14N4O3/c1-11(22)21(14-8-6-13(19)7-9-14)17(24)16(23)20-15-5-3-2-4-12(15)10-18/h2-9H,19H2,1H3,(H,20,23). The van der Waals surface area contributed by atoms with Crippen LogP contribution in [0.3, 0.4) is 0 Å². The molecule has 0 heterocycles. The summed E-state index contributed by atoms with van der Waals surface area (Å²) in [5.74, 6) is -2.70. The van der Waals surface area contributed by atoms with Crippen LogP contribution in [0.5, 0.6) is 0 Å². The molecule has 0 aliphatic rings. The van der Waals surface area contributed by atoms with Gasteiger partial charge in [-0.1, -0.05) is 12.1 Å². The second kappa shape index (κ2) is 7.07. The molecular formula is C17H14N4O3. The number of rotatable bonds is 2. The number of hydrogen-bond donors (Lipinski definition) is 2. The number of amides is 3. The molecule has 0 aliphatic heterocycles. The van der Waals surface area contributed by atoms with Gasteiger partial charge in [0.05, 0.1) is 16.9 Å². The molecule has 7 heteroatoms. The number of nitrogens with two attached hydrogens (primary N) is 1. The van der Waals surface area contributed by atoms with E-state index in [9.17, 15) is 14.4 Å². The first-order chi connectivity index (χ1) is 11.4. The molecule has 0 unspecified atom stereocenters. The van der Waals surface area contributed by atoms with E-state index in [-0.39, 0.29) is 16.9 Å². The first-order valence-electron chi connectivity index (χ1n) is 6.94. The Hall–Kier alpha value is -3.66. The molecule has 2 aromatic carbocycles. The zero-order valence-electron chi connectivity index (χ0n) is 12.8. The number of nitriles is 1. The molecule has 0 atom stereocenters. The van der Waals surface area contributed by atoms with Crippen LogP contribution in [-0.4, -0.2) is 17.7 Å². The largest absolute Gasteiger partial charge is 0.399 e. The summed E-state index contributed by atoms with van der Waals surface area (Å²) in [6.07, 6.45) is 0. The molecule has 0 spiro atoms. The normalized spacial score (nSPS) is 9.67. The van der Waals surface area contributed by atoms with Crippen LogP contribution in [0, 0.1) is 11.3 Å². The van der Waals surface area contributed by atoms with Crippen molar-refractivity contribution in [2.45, 2.75) is 6.92 Å². The first-order valence-corrected chi connectivity index (χ1v) is 6.94. The van der Waals surface area contributed by atoms with E-state index >= 15 is 0 Å². The third-order valence-corrected chi connectivity index (χ3v) is 3.16. The van der Waals surface area contributed by atoms with E-state index in [0.717, 1.165) is 4.90 Å². The monoisotopic (exact) mass is 322 g/mol. The Morgan fingerprint density at radius 1 is 1.08 bits per heavy atom. The number of anilines is 3. The second-order valence-electron chi connectivity index (χ2n) is 4.86. The van der Waals surface area contributed by atoms with Crippen LogP contribution in [0.15, 0.2) is 48.5 Å². The van der Waals surface area contributed by atoms with E-state index in [4.69, 9.17) is 11.0 Å². The number of nitrogen functional groups attached to an aromatic ring is 1. The third-order valence-electron chi connectivity index (χ3n) is 3.16. The Morgan fingerprint density at radius 2 is 1.71 bits per heavy atom. The molecule has 0 aromatic heterocycles. The molecule has 3 N–H and O–H groups in total. The van der Waals surface area contributed by atoms with Gasteiger partial charge in [0.25, 0.3) is 0 Å². The maximum absolute atomic E-state index is 12.4. The molecule has 0 radical (unpaired) electrons. The molecule has 0 saturated carbocycles. The smallest absolute Gasteiger partial charge is 0.323 e. The quantitative estimate of drug-likeness (QED) is 0.644. The lowest BCUT2D eigenvalue weighted by molar-refractivity contribution is -0.136. The lowest BCUT2D eigenvalue weighted by Gasteiger charge is -2.19. The highest BCUT2D eigenvalue weighted by atomic mass is 16.2. The van der Waals surface area contributed by atoms with Gasteiger partial charge in [0.1, 0.15) is 6.07 Å². The van der Waals surface area contributed by atoms with Gasteiger partial charge in [-0.3, -0.25) is 14.4 Å².